The highest BCUT2D eigenvalue weighted by molar-refractivity contribution is 14.1. The first-order valence-corrected chi connectivity index (χ1v) is 7.94. The summed E-state index contributed by atoms with van der Waals surface area (Å²) in [5.41, 5.74) is 2.73. The van der Waals surface area contributed by atoms with Gasteiger partial charge in [-0.25, -0.2) is 0 Å². The lowest BCUT2D eigenvalue weighted by Gasteiger charge is -2.14. The molecule has 1 N–H and O–H groups in total. The molecule has 1 atom stereocenters. The van der Waals surface area contributed by atoms with Crippen molar-refractivity contribution in [3.63, 3.8) is 0 Å². The van der Waals surface area contributed by atoms with Crippen LogP contribution in [0.15, 0.2) is 42.7 Å². The van der Waals surface area contributed by atoms with Crippen LogP contribution in [0.5, 0.6) is 0 Å². The first-order chi connectivity index (χ1) is 9.22. The fourth-order valence-corrected chi connectivity index (χ4v) is 2.67. The summed E-state index contributed by atoms with van der Waals surface area (Å²) in [4.78, 5) is 0. The largest absolute Gasteiger partial charge is 0.350 e. The molecule has 0 aliphatic heterocycles. The predicted octanol–water partition coefficient (Wildman–Crippen LogP) is 4.20. The first kappa shape index (κ1) is 14.6. The summed E-state index contributed by atoms with van der Waals surface area (Å²) in [5.74, 6) is 0. The number of rotatable bonds is 6. The Morgan fingerprint density at radius 2 is 1.89 bits per heavy atom. The summed E-state index contributed by atoms with van der Waals surface area (Å²) in [6.07, 6.45) is 5.56. The van der Waals surface area contributed by atoms with Crippen LogP contribution < -0.4 is 5.32 Å². The van der Waals surface area contributed by atoms with E-state index in [2.05, 4.69) is 89.0 Å². The van der Waals surface area contributed by atoms with Gasteiger partial charge in [-0.1, -0.05) is 26.0 Å². The Morgan fingerprint density at radius 1 is 1.16 bits per heavy atom. The van der Waals surface area contributed by atoms with E-state index in [0.29, 0.717) is 6.04 Å². The normalized spacial score (nSPS) is 12.6. The third-order valence-corrected chi connectivity index (χ3v) is 4.03. The molecule has 3 heteroatoms. The second-order valence-corrected chi connectivity index (χ2v) is 6.01. The van der Waals surface area contributed by atoms with E-state index in [-0.39, 0.29) is 0 Å². The molecular formula is C16H21IN2. The fourth-order valence-electron chi connectivity index (χ4n) is 2.31. The zero-order chi connectivity index (χ0) is 13.7. The van der Waals surface area contributed by atoms with Crippen LogP contribution >= 0.6 is 22.6 Å². The Balaban J connectivity index is 2.06. The maximum Gasteiger partial charge on any atom is 0.0470 e. The van der Waals surface area contributed by atoms with Gasteiger partial charge in [0.1, 0.15) is 0 Å². The molecule has 0 radical (unpaired) electrons. The molecule has 0 fully saturated rings. The Labute approximate surface area is 129 Å². The molecule has 1 aromatic carbocycles. The summed E-state index contributed by atoms with van der Waals surface area (Å²) in [7, 11) is 0. The van der Waals surface area contributed by atoms with E-state index < -0.39 is 0 Å². The number of benzene rings is 1. The minimum atomic E-state index is 0.475. The van der Waals surface area contributed by atoms with E-state index in [4.69, 9.17) is 0 Å². The molecule has 1 aromatic heterocycles. The van der Waals surface area contributed by atoms with E-state index in [0.717, 1.165) is 19.5 Å². The predicted molar refractivity (Wildman–Crippen MR) is 89.4 cm³/mol. The standard InChI is InChI=1S/C16H21IN2/c1-3-16(18-4-2)14-9-10-19(12-14)11-13-5-7-15(17)8-6-13/h5-10,12,16,18H,3-4,11H2,1-2H3. The molecule has 1 heterocycles. The summed E-state index contributed by atoms with van der Waals surface area (Å²) >= 11 is 2.34. The van der Waals surface area contributed by atoms with E-state index in [1.807, 2.05) is 0 Å². The van der Waals surface area contributed by atoms with Gasteiger partial charge in [0.05, 0.1) is 0 Å². The lowest BCUT2D eigenvalue weighted by Crippen LogP contribution is -2.19. The summed E-state index contributed by atoms with van der Waals surface area (Å²) in [5, 5.41) is 3.52. The van der Waals surface area contributed by atoms with Crippen LogP contribution in [-0.2, 0) is 6.54 Å². The SMILES string of the molecule is CCNC(CC)c1ccn(Cc2ccc(I)cc2)c1. The molecule has 0 bridgehead atoms. The van der Waals surface area contributed by atoms with Crippen molar-refractivity contribution in [3.8, 4) is 0 Å². The van der Waals surface area contributed by atoms with E-state index in [1.54, 1.807) is 0 Å². The summed E-state index contributed by atoms with van der Waals surface area (Å²) in [6.45, 7) is 6.34. The fraction of sp³-hybridized carbons (Fsp3) is 0.375. The average Bonchev–Trinajstić information content (AvgIpc) is 2.87. The molecule has 0 aliphatic carbocycles. The van der Waals surface area contributed by atoms with Crippen molar-refractivity contribution in [2.24, 2.45) is 0 Å². The number of nitrogens with one attached hydrogen (secondary N) is 1. The lowest BCUT2D eigenvalue weighted by molar-refractivity contribution is 0.536. The highest BCUT2D eigenvalue weighted by Gasteiger charge is 2.08. The molecule has 2 rings (SSSR count). The molecule has 19 heavy (non-hydrogen) atoms. The van der Waals surface area contributed by atoms with Gasteiger partial charge in [0.25, 0.3) is 0 Å². The quantitative estimate of drug-likeness (QED) is 0.757. The number of hydrogen-bond acceptors (Lipinski definition) is 1. The van der Waals surface area contributed by atoms with Gasteiger partial charge in [0.15, 0.2) is 0 Å². The minimum absolute atomic E-state index is 0.475. The summed E-state index contributed by atoms with van der Waals surface area (Å²) in [6, 6.07) is 11.4. The van der Waals surface area contributed by atoms with E-state index >= 15 is 0 Å². The molecule has 2 nitrogen and oxygen atoms in total. The van der Waals surface area contributed by atoms with Crippen LogP contribution in [0.25, 0.3) is 0 Å². The zero-order valence-corrected chi connectivity index (χ0v) is 13.7. The number of nitrogens with zero attached hydrogens (tertiary/aromatic N) is 1. The number of hydrogen-bond donors (Lipinski definition) is 1. The minimum Gasteiger partial charge on any atom is -0.350 e. The third kappa shape index (κ3) is 4.08. The Morgan fingerprint density at radius 3 is 2.53 bits per heavy atom. The van der Waals surface area contributed by atoms with Crippen molar-refractivity contribution in [2.45, 2.75) is 32.9 Å². The van der Waals surface area contributed by atoms with Crippen LogP contribution in [0.2, 0.25) is 0 Å². The monoisotopic (exact) mass is 368 g/mol. The Hall–Kier alpha value is -0.810. The lowest BCUT2D eigenvalue weighted by atomic mass is 10.1. The van der Waals surface area contributed by atoms with Crippen LogP contribution in [0.1, 0.15) is 37.4 Å². The van der Waals surface area contributed by atoms with Gasteiger partial charge in [0, 0.05) is 28.6 Å². The van der Waals surface area contributed by atoms with Gasteiger partial charge in [-0.3, -0.25) is 0 Å². The molecule has 2 aromatic rings. The Kier molecular flexibility index (Phi) is 5.45. The van der Waals surface area contributed by atoms with Crippen LogP contribution in [-0.4, -0.2) is 11.1 Å². The molecule has 0 spiro atoms. The van der Waals surface area contributed by atoms with Crippen molar-refractivity contribution in [1.29, 1.82) is 0 Å². The molecule has 1 unspecified atom stereocenters. The summed E-state index contributed by atoms with van der Waals surface area (Å²) < 4.78 is 3.55. The smallest absolute Gasteiger partial charge is 0.0470 e. The van der Waals surface area contributed by atoms with Crippen LogP contribution in [0.4, 0.5) is 0 Å². The highest BCUT2D eigenvalue weighted by Crippen LogP contribution is 2.17. The second-order valence-electron chi connectivity index (χ2n) is 4.76. The Bertz CT molecular complexity index is 502. The van der Waals surface area contributed by atoms with E-state index in [9.17, 15) is 0 Å². The van der Waals surface area contributed by atoms with Crippen molar-refractivity contribution in [3.05, 3.63) is 57.4 Å². The van der Waals surface area contributed by atoms with Gasteiger partial charge in [0.2, 0.25) is 0 Å². The van der Waals surface area contributed by atoms with Gasteiger partial charge in [-0.2, -0.15) is 0 Å². The van der Waals surface area contributed by atoms with Crippen molar-refractivity contribution >= 4 is 22.6 Å². The number of halogens is 1. The van der Waals surface area contributed by atoms with Crippen LogP contribution in [0.3, 0.4) is 0 Å². The highest BCUT2D eigenvalue weighted by atomic mass is 127. The maximum atomic E-state index is 3.52. The zero-order valence-electron chi connectivity index (χ0n) is 11.6. The van der Waals surface area contributed by atoms with Crippen molar-refractivity contribution < 1.29 is 0 Å². The molecule has 0 saturated heterocycles. The van der Waals surface area contributed by atoms with Gasteiger partial charge in [-0.15, -0.1) is 0 Å². The second kappa shape index (κ2) is 7.10. The average molecular weight is 368 g/mol. The van der Waals surface area contributed by atoms with Crippen molar-refractivity contribution in [2.75, 3.05) is 6.54 Å². The molecular weight excluding hydrogens is 347 g/mol. The molecule has 0 amide bonds. The molecule has 102 valence electrons. The number of aromatic nitrogens is 1. The molecule has 0 saturated carbocycles. The maximum absolute atomic E-state index is 3.52. The first-order valence-electron chi connectivity index (χ1n) is 6.86. The van der Waals surface area contributed by atoms with Gasteiger partial charge in [-0.05, 0) is 64.9 Å². The molecule has 0 aliphatic rings. The van der Waals surface area contributed by atoms with Crippen LogP contribution in [0, 0.1) is 3.57 Å². The van der Waals surface area contributed by atoms with Gasteiger partial charge >= 0.3 is 0 Å². The van der Waals surface area contributed by atoms with E-state index in [1.165, 1.54) is 14.7 Å². The van der Waals surface area contributed by atoms with Gasteiger partial charge < -0.3 is 9.88 Å². The topological polar surface area (TPSA) is 17.0 Å². The van der Waals surface area contributed by atoms with Crippen molar-refractivity contribution in [1.82, 2.24) is 9.88 Å². The third-order valence-electron chi connectivity index (χ3n) is 3.31.